The van der Waals surface area contributed by atoms with Crippen molar-refractivity contribution in [3.8, 4) is 5.75 Å². The molecule has 4 N–H and O–H groups in total. The van der Waals surface area contributed by atoms with Crippen molar-refractivity contribution < 1.29 is 14.3 Å². The zero-order valence-corrected chi connectivity index (χ0v) is 11.1. The number of nitrogens with two attached hydrogens (primary N) is 1. The van der Waals surface area contributed by atoms with Crippen molar-refractivity contribution in [3.63, 3.8) is 0 Å². The van der Waals surface area contributed by atoms with E-state index < -0.39 is 0 Å². The van der Waals surface area contributed by atoms with Crippen LogP contribution in [0, 0.1) is 0 Å². The smallest absolute Gasteiger partial charge is 0.239 e. The summed E-state index contributed by atoms with van der Waals surface area (Å²) in [5, 5.41) is 5.19. The average molecular weight is 265 g/mol. The Bertz CT molecular complexity index is 449. The number of hydrogen-bond donors (Lipinski definition) is 3. The molecule has 1 rings (SSSR count). The molecule has 0 aliphatic rings. The van der Waals surface area contributed by atoms with E-state index in [1.807, 2.05) is 31.2 Å². The Morgan fingerprint density at radius 1 is 1.37 bits per heavy atom. The normalized spacial score (nSPS) is 11.5. The Morgan fingerprint density at radius 3 is 2.74 bits per heavy atom. The van der Waals surface area contributed by atoms with Gasteiger partial charge in [0.15, 0.2) is 0 Å². The van der Waals surface area contributed by atoms with Gasteiger partial charge in [-0.3, -0.25) is 9.59 Å². The zero-order valence-electron chi connectivity index (χ0n) is 11.1. The fourth-order valence-corrected chi connectivity index (χ4v) is 1.54. The molecule has 19 heavy (non-hydrogen) atoms. The van der Waals surface area contributed by atoms with Gasteiger partial charge in [0.05, 0.1) is 26.2 Å². The largest absolute Gasteiger partial charge is 0.497 e. The Balaban J connectivity index is 2.51. The van der Waals surface area contributed by atoms with Gasteiger partial charge in [-0.25, -0.2) is 0 Å². The maximum Gasteiger partial charge on any atom is 0.239 e. The predicted molar refractivity (Wildman–Crippen MR) is 71.6 cm³/mol. The highest BCUT2D eigenvalue weighted by molar-refractivity contribution is 5.85. The van der Waals surface area contributed by atoms with E-state index in [4.69, 9.17) is 10.5 Å². The molecule has 1 atom stereocenters. The molecule has 0 aromatic heterocycles. The zero-order chi connectivity index (χ0) is 14.3. The third kappa shape index (κ3) is 4.97. The van der Waals surface area contributed by atoms with Crippen LogP contribution >= 0.6 is 0 Å². The molecule has 0 unspecified atom stereocenters. The Kier molecular flexibility index (Phi) is 5.81. The summed E-state index contributed by atoms with van der Waals surface area (Å²) < 4.78 is 5.12. The fourth-order valence-electron chi connectivity index (χ4n) is 1.54. The van der Waals surface area contributed by atoms with E-state index in [1.54, 1.807) is 7.11 Å². The SMILES string of the molecule is COc1cccc([C@H](C)NC(=O)CNC(=O)CN)c1. The summed E-state index contributed by atoms with van der Waals surface area (Å²) in [5.74, 6) is 0.108. The highest BCUT2D eigenvalue weighted by Crippen LogP contribution is 2.18. The maximum atomic E-state index is 11.6. The van der Waals surface area contributed by atoms with Crippen LogP contribution in [0.4, 0.5) is 0 Å². The van der Waals surface area contributed by atoms with Gasteiger partial charge in [0.1, 0.15) is 5.75 Å². The van der Waals surface area contributed by atoms with E-state index >= 15 is 0 Å². The van der Waals surface area contributed by atoms with E-state index in [1.165, 1.54) is 0 Å². The average Bonchev–Trinajstić information content (AvgIpc) is 2.44. The molecule has 1 aromatic rings. The van der Waals surface area contributed by atoms with Crippen LogP contribution in [0.1, 0.15) is 18.5 Å². The second-order valence-electron chi connectivity index (χ2n) is 4.05. The maximum absolute atomic E-state index is 11.6. The summed E-state index contributed by atoms with van der Waals surface area (Å²) in [6.45, 7) is 1.65. The fraction of sp³-hybridized carbons (Fsp3) is 0.385. The van der Waals surface area contributed by atoms with E-state index in [-0.39, 0.29) is 30.9 Å². The molecule has 0 heterocycles. The van der Waals surface area contributed by atoms with Gasteiger partial charge >= 0.3 is 0 Å². The molecule has 104 valence electrons. The number of rotatable bonds is 6. The molecule has 2 amide bonds. The topological polar surface area (TPSA) is 93.5 Å². The van der Waals surface area contributed by atoms with Gasteiger partial charge in [0.2, 0.25) is 11.8 Å². The van der Waals surface area contributed by atoms with Gasteiger partial charge in [-0.15, -0.1) is 0 Å². The molecule has 0 radical (unpaired) electrons. The molecule has 0 aliphatic heterocycles. The molecule has 0 spiro atoms. The van der Waals surface area contributed by atoms with Crippen molar-refractivity contribution in [2.24, 2.45) is 5.73 Å². The predicted octanol–water partition coefficient (Wildman–Crippen LogP) is -0.0527. The molecule has 6 heteroatoms. The van der Waals surface area contributed by atoms with Crippen molar-refractivity contribution in [1.29, 1.82) is 0 Å². The first-order chi connectivity index (χ1) is 9.06. The lowest BCUT2D eigenvalue weighted by Gasteiger charge is -2.15. The van der Waals surface area contributed by atoms with Crippen LogP contribution in [-0.2, 0) is 9.59 Å². The highest BCUT2D eigenvalue weighted by atomic mass is 16.5. The monoisotopic (exact) mass is 265 g/mol. The Hall–Kier alpha value is -2.08. The minimum absolute atomic E-state index is 0.0790. The molecular formula is C13H19N3O3. The standard InChI is InChI=1S/C13H19N3O3/c1-9(10-4-3-5-11(6-10)19-2)16-13(18)8-15-12(17)7-14/h3-6,9H,7-8,14H2,1-2H3,(H,15,17)(H,16,18)/t9-/m0/s1. The number of benzene rings is 1. The molecule has 0 saturated carbocycles. The van der Waals surface area contributed by atoms with Crippen LogP contribution in [0.3, 0.4) is 0 Å². The Labute approximate surface area is 112 Å². The second-order valence-corrected chi connectivity index (χ2v) is 4.05. The van der Waals surface area contributed by atoms with Crippen LogP contribution in [0.5, 0.6) is 5.75 Å². The van der Waals surface area contributed by atoms with E-state index in [0.717, 1.165) is 11.3 Å². The minimum Gasteiger partial charge on any atom is -0.497 e. The second kappa shape index (κ2) is 7.38. The highest BCUT2D eigenvalue weighted by Gasteiger charge is 2.10. The summed E-state index contributed by atoms with van der Waals surface area (Å²) >= 11 is 0. The van der Waals surface area contributed by atoms with Crippen LogP contribution in [0.2, 0.25) is 0 Å². The lowest BCUT2D eigenvalue weighted by Crippen LogP contribution is -2.40. The first kappa shape index (κ1) is 15.0. The number of nitrogens with one attached hydrogen (secondary N) is 2. The van der Waals surface area contributed by atoms with Crippen molar-refractivity contribution in [1.82, 2.24) is 10.6 Å². The molecule has 0 bridgehead atoms. The Morgan fingerprint density at radius 2 is 2.11 bits per heavy atom. The molecule has 0 aliphatic carbocycles. The third-order valence-electron chi connectivity index (χ3n) is 2.60. The van der Waals surface area contributed by atoms with Gasteiger partial charge in [-0.05, 0) is 24.6 Å². The summed E-state index contributed by atoms with van der Waals surface area (Å²) in [4.78, 5) is 22.5. The number of amides is 2. The lowest BCUT2D eigenvalue weighted by atomic mass is 10.1. The van der Waals surface area contributed by atoms with Gasteiger partial charge in [-0.1, -0.05) is 12.1 Å². The first-order valence-corrected chi connectivity index (χ1v) is 5.97. The number of ether oxygens (including phenoxy) is 1. The van der Waals surface area contributed by atoms with Crippen LogP contribution < -0.4 is 21.1 Å². The van der Waals surface area contributed by atoms with E-state index in [9.17, 15) is 9.59 Å². The van der Waals surface area contributed by atoms with Crippen molar-refractivity contribution in [3.05, 3.63) is 29.8 Å². The summed E-state index contributed by atoms with van der Waals surface area (Å²) in [6.07, 6.45) is 0. The number of methoxy groups -OCH3 is 1. The van der Waals surface area contributed by atoms with Crippen molar-refractivity contribution in [2.45, 2.75) is 13.0 Å². The van der Waals surface area contributed by atoms with Gasteiger partial charge < -0.3 is 21.1 Å². The molecule has 6 nitrogen and oxygen atoms in total. The quantitative estimate of drug-likeness (QED) is 0.672. The van der Waals surface area contributed by atoms with E-state index in [2.05, 4.69) is 10.6 Å². The molecular weight excluding hydrogens is 246 g/mol. The van der Waals surface area contributed by atoms with Gasteiger partial charge in [0, 0.05) is 0 Å². The number of hydrogen-bond acceptors (Lipinski definition) is 4. The lowest BCUT2D eigenvalue weighted by molar-refractivity contribution is -0.125. The third-order valence-corrected chi connectivity index (χ3v) is 2.60. The summed E-state index contributed by atoms with van der Waals surface area (Å²) in [6, 6.07) is 7.26. The minimum atomic E-state index is -0.357. The van der Waals surface area contributed by atoms with Gasteiger partial charge in [-0.2, -0.15) is 0 Å². The number of carbonyl (C=O) groups is 2. The van der Waals surface area contributed by atoms with Crippen LogP contribution in [0.25, 0.3) is 0 Å². The molecule has 0 saturated heterocycles. The summed E-state index contributed by atoms with van der Waals surface area (Å²) in [7, 11) is 1.59. The van der Waals surface area contributed by atoms with Crippen LogP contribution in [0.15, 0.2) is 24.3 Å². The van der Waals surface area contributed by atoms with Crippen molar-refractivity contribution >= 4 is 11.8 Å². The van der Waals surface area contributed by atoms with Crippen LogP contribution in [-0.4, -0.2) is 32.0 Å². The number of carbonyl (C=O) groups excluding carboxylic acids is 2. The van der Waals surface area contributed by atoms with Gasteiger partial charge in [0.25, 0.3) is 0 Å². The molecule has 1 aromatic carbocycles. The van der Waals surface area contributed by atoms with E-state index in [0.29, 0.717) is 0 Å². The first-order valence-electron chi connectivity index (χ1n) is 5.97. The molecule has 0 fully saturated rings. The van der Waals surface area contributed by atoms with Crippen molar-refractivity contribution in [2.75, 3.05) is 20.2 Å². The summed E-state index contributed by atoms with van der Waals surface area (Å²) in [5.41, 5.74) is 6.05.